The number of rotatable bonds is 9. The highest BCUT2D eigenvalue weighted by atomic mass is 16.6. The summed E-state index contributed by atoms with van der Waals surface area (Å²) in [5.41, 5.74) is 3.18. The Morgan fingerprint density at radius 1 is 1.03 bits per heavy atom. The van der Waals surface area contributed by atoms with Gasteiger partial charge in [-0.1, -0.05) is 26.0 Å². The van der Waals surface area contributed by atoms with Crippen LogP contribution in [0.3, 0.4) is 0 Å². The maximum atomic E-state index is 12.0. The van der Waals surface area contributed by atoms with E-state index in [0.717, 1.165) is 5.56 Å². The first kappa shape index (κ1) is 22.9. The van der Waals surface area contributed by atoms with Gasteiger partial charge in [0, 0.05) is 17.8 Å². The van der Waals surface area contributed by atoms with Crippen LogP contribution in [0.1, 0.15) is 48.2 Å². The summed E-state index contributed by atoms with van der Waals surface area (Å²) >= 11 is 0. The fourth-order valence-corrected chi connectivity index (χ4v) is 2.91. The van der Waals surface area contributed by atoms with E-state index in [-0.39, 0.29) is 12.5 Å². The van der Waals surface area contributed by atoms with Gasteiger partial charge in [0.1, 0.15) is 5.75 Å². The molecule has 2 rings (SSSR count). The number of hydrogen-bond acceptors (Lipinski definition) is 5. The van der Waals surface area contributed by atoms with Gasteiger partial charge in [-0.15, -0.1) is 0 Å². The number of carbonyl (C=O) groups is 3. The van der Waals surface area contributed by atoms with Crippen LogP contribution in [0.25, 0.3) is 0 Å². The Morgan fingerprint density at radius 3 is 2.47 bits per heavy atom. The topological polar surface area (TPSA) is 93.7 Å². The van der Waals surface area contributed by atoms with Crippen LogP contribution in [0.5, 0.6) is 5.75 Å². The van der Waals surface area contributed by atoms with Crippen molar-refractivity contribution in [3.8, 4) is 5.75 Å². The quantitative estimate of drug-likeness (QED) is 0.616. The molecule has 0 bridgehead atoms. The Kier molecular flexibility index (Phi) is 8.41. The van der Waals surface area contributed by atoms with Crippen molar-refractivity contribution in [3.05, 3.63) is 59.2 Å². The summed E-state index contributed by atoms with van der Waals surface area (Å²) < 4.78 is 10.4. The number of amides is 2. The van der Waals surface area contributed by atoms with Crippen molar-refractivity contribution in [1.82, 2.24) is 5.32 Å². The summed E-state index contributed by atoms with van der Waals surface area (Å²) in [6.45, 7) is 7.81. The highest BCUT2D eigenvalue weighted by Crippen LogP contribution is 2.23. The van der Waals surface area contributed by atoms with Gasteiger partial charge in [-0.2, -0.15) is 0 Å². The van der Waals surface area contributed by atoms with Gasteiger partial charge < -0.3 is 20.1 Å². The van der Waals surface area contributed by atoms with Crippen LogP contribution in [-0.4, -0.2) is 37.5 Å². The number of anilines is 1. The molecule has 2 amide bonds. The molecule has 0 aliphatic rings. The summed E-state index contributed by atoms with van der Waals surface area (Å²) in [5, 5.41) is 5.28. The van der Waals surface area contributed by atoms with Gasteiger partial charge in [0.15, 0.2) is 13.2 Å². The number of carbonyl (C=O) groups excluding carboxylic acids is 3. The first-order valence-electron chi connectivity index (χ1n) is 9.87. The highest BCUT2D eigenvalue weighted by Gasteiger charge is 2.11. The lowest BCUT2D eigenvalue weighted by molar-refractivity contribution is -0.149. The smallest absolute Gasteiger partial charge is 0.344 e. The molecule has 160 valence electrons. The van der Waals surface area contributed by atoms with E-state index >= 15 is 0 Å². The zero-order valence-corrected chi connectivity index (χ0v) is 17.8. The summed E-state index contributed by atoms with van der Waals surface area (Å²) in [5.74, 6) is -0.404. The molecule has 0 aliphatic carbocycles. The minimum atomic E-state index is -0.646. The molecule has 30 heavy (non-hydrogen) atoms. The summed E-state index contributed by atoms with van der Waals surface area (Å²) in [6.07, 6.45) is 0. The van der Waals surface area contributed by atoms with Crippen molar-refractivity contribution in [2.75, 3.05) is 25.1 Å². The minimum Gasteiger partial charge on any atom is -0.482 e. The average Bonchev–Trinajstić information content (AvgIpc) is 2.71. The molecule has 0 saturated heterocycles. The average molecular weight is 412 g/mol. The van der Waals surface area contributed by atoms with Gasteiger partial charge in [-0.3, -0.25) is 9.59 Å². The molecule has 0 unspecified atom stereocenters. The standard InChI is InChI=1S/C23H28N2O5/c1-5-24-23(28)17-7-6-8-18(12-17)25-21(26)13-30-22(27)14-29-19-9-10-20(15(2)3)16(4)11-19/h6-12,15H,5,13-14H2,1-4H3,(H,24,28)(H,25,26). The molecule has 0 fully saturated rings. The van der Waals surface area contributed by atoms with Crippen LogP contribution in [0, 0.1) is 6.92 Å². The summed E-state index contributed by atoms with van der Waals surface area (Å²) in [7, 11) is 0. The summed E-state index contributed by atoms with van der Waals surface area (Å²) in [6, 6.07) is 12.2. The SMILES string of the molecule is CCNC(=O)c1cccc(NC(=O)COC(=O)COc2ccc(C(C)C)c(C)c2)c1. The molecule has 0 aromatic heterocycles. The van der Waals surface area contributed by atoms with Gasteiger partial charge in [0.2, 0.25) is 0 Å². The molecule has 7 nitrogen and oxygen atoms in total. The van der Waals surface area contributed by atoms with Gasteiger partial charge >= 0.3 is 5.97 Å². The van der Waals surface area contributed by atoms with E-state index in [1.165, 1.54) is 5.56 Å². The highest BCUT2D eigenvalue weighted by molar-refractivity contribution is 5.97. The maximum Gasteiger partial charge on any atom is 0.344 e. The van der Waals surface area contributed by atoms with Crippen molar-refractivity contribution < 1.29 is 23.9 Å². The third kappa shape index (κ3) is 6.92. The van der Waals surface area contributed by atoms with Crippen LogP contribution in [-0.2, 0) is 14.3 Å². The fourth-order valence-electron chi connectivity index (χ4n) is 2.91. The first-order chi connectivity index (χ1) is 14.3. The zero-order chi connectivity index (χ0) is 22.1. The molecule has 0 radical (unpaired) electrons. The van der Waals surface area contributed by atoms with Gasteiger partial charge in [-0.05, 0) is 61.2 Å². The van der Waals surface area contributed by atoms with E-state index in [1.54, 1.807) is 24.3 Å². The lowest BCUT2D eigenvalue weighted by Crippen LogP contribution is -2.24. The molecular weight excluding hydrogens is 384 g/mol. The number of aryl methyl sites for hydroxylation is 1. The number of benzene rings is 2. The number of nitrogens with one attached hydrogen (secondary N) is 2. The lowest BCUT2D eigenvalue weighted by atomic mass is 9.98. The second-order valence-corrected chi connectivity index (χ2v) is 7.11. The Bertz CT molecular complexity index is 908. The van der Waals surface area contributed by atoms with Crippen molar-refractivity contribution >= 4 is 23.5 Å². The Hall–Kier alpha value is -3.35. The maximum absolute atomic E-state index is 12.0. The van der Waals surface area contributed by atoms with E-state index in [0.29, 0.717) is 29.5 Å². The molecule has 7 heteroatoms. The molecule has 0 atom stereocenters. The predicted octanol–water partition coefficient (Wildman–Crippen LogP) is 3.43. The van der Waals surface area contributed by atoms with Crippen molar-refractivity contribution in [2.45, 2.75) is 33.6 Å². The number of ether oxygens (including phenoxy) is 2. The first-order valence-corrected chi connectivity index (χ1v) is 9.87. The monoisotopic (exact) mass is 412 g/mol. The lowest BCUT2D eigenvalue weighted by Gasteiger charge is -2.12. The van der Waals surface area contributed by atoms with Gasteiger partial charge in [0.25, 0.3) is 11.8 Å². The number of hydrogen-bond donors (Lipinski definition) is 2. The molecule has 2 N–H and O–H groups in total. The second-order valence-electron chi connectivity index (χ2n) is 7.11. The Labute approximate surface area is 176 Å². The van der Waals surface area contributed by atoms with E-state index in [2.05, 4.69) is 24.5 Å². The summed E-state index contributed by atoms with van der Waals surface area (Å²) in [4.78, 5) is 35.7. The van der Waals surface area contributed by atoms with E-state index < -0.39 is 18.5 Å². The second kappa shape index (κ2) is 11.0. The normalized spacial score (nSPS) is 10.4. The largest absolute Gasteiger partial charge is 0.482 e. The Balaban J connectivity index is 1.79. The van der Waals surface area contributed by atoms with Crippen molar-refractivity contribution in [2.24, 2.45) is 0 Å². The Morgan fingerprint density at radius 2 is 1.80 bits per heavy atom. The molecule has 0 aliphatic heterocycles. The number of esters is 1. The van der Waals surface area contributed by atoms with E-state index in [1.807, 2.05) is 32.0 Å². The van der Waals surface area contributed by atoms with Crippen molar-refractivity contribution in [3.63, 3.8) is 0 Å². The van der Waals surface area contributed by atoms with Crippen LogP contribution >= 0.6 is 0 Å². The van der Waals surface area contributed by atoms with Crippen molar-refractivity contribution in [1.29, 1.82) is 0 Å². The van der Waals surface area contributed by atoms with Crippen LogP contribution in [0.2, 0.25) is 0 Å². The molecule has 0 heterocycles. The third-order valence-electron chi connectivity index (χ3n) is 4.33. The molecule has 2 aromatic rings. The molecular formula is C23H28N2O5. The third-order valence-corrected chi connectivity index (χ3v) is 4.33. The fraction of sp³-hybridized carbons (Fsp3) is 0.348. The molecule has 0 spiro atoms. The molecule has 2 aromatic carbocycles. The predicted molar refractivity (Wildman–Crippen MR) is 115 cm³/mol. The van der Waals surface area contributed by atoms with Crippen LogP contribution in [0.4, 0.5) is 5.69 Å². The molecule has 0 saturated carbocycles. The minimum absolute atomic E-state index is 0.228. The van der Waals surface area contributed by atoms with Gasteiger partial charge in [0.05, 0.1) is 0 Å². The van der Waals surface area contributed by atoms with E-state index in [9.17, 15) is 14.4 Å². The van der Waals surface area contributed by atoms with Crippen LogP contribution in [0.15, 0.2) is 42.5 Å². The van der Waals surface area contributed by atoms with Crippen LogP contribution < -0.4 is 15.4 Å². The van der Waals surface area contributed by atoms with Gasteiger partial charge in [-0.25, -0.2) is 4.79 Å². The van der Waals surface area contributed by atoms with E-state index in [4.69, 9.17) is 9.47 Å². The zero-order valence-electron chi connectivity index (χ0n) is 17.8.